The van der Waals surface area contributed by atoms with Crippen molar-refractivity contribution in [1.29, 1.82) is 0 Å². The Morgan fingerprint density at radius 3 is 2.49 bits per heavy atom. The molecule has 1 aliphatic heterocycles. The molecular weight excluding hydrogens is 468 g/mol. The van der Waals surface area contributed by atoms with Crippen molar-refractivity contribution in [3.05, 3.63) is 77.9 Å². The Morgan fingerprint density at radius 2 is 1.74 bits per heavy atom. The van der Waals surface area contributed by atoms with Crippen LogP contribution in [0.15, 0.2) is 81.1 Å². The molecule has 35 heavy (non-hydrogen) atoms. The average Bonchev–Trinajstić information content (AvgIpc) is 3.33. The molecule has 0 spiro atoms. The third kappa shape index (κ3) is 4.67. The molecular formula is C26H24N2O6S. The Labute approximate surface area is 203 Å². The minimum absolute atomic E-state index is 0.0401. The normalized spacial score (nSPS) is 12.9. The molecule has 0 radical (unpaired) electrons. The molecule has 4 aromatic rings. The Hall–Kier alpha value is -3.98. The summed E-state index contributed by atoms with van der Waals surface area (Å²) < 4.78 is 49.6. The van der Waals surface area contributed by atoms with Crippen molar-refractivity contribution < 1.29 is 27.0 Å². The number of oxazole rings is 1. The van der Waals surface area contributed by atoms with Crippen molar-refractivity contribution in [3.63, 3.8) is 0 Å². The maximum atomic E-state index is 13.7. The second-order valence-corrected chi connectivity index (χ2v) is 9.90. The number of benzene rings is 3. The Balaban J connectivity index is 1.53. The van der Waals surface area contributed by atoms with Crippen LogP contribution in [0.5, 0.6) is 17.2 Å². The van der Waals surface area contributed by atoms with Crippen LogP contribution in [0, 0.1) is 6.92 Å². The fourth-order valence-corrected chi connectivity index (χ4v) is 5.02. The average molecular weight is 493 g/mol. The van der Waals surface area contributed by atoms with Crippen LogP contribution in [-0.4, -0.2) is 33.7 Å². The number of ether oxygens (including phenoxy) is 3. The lowest BCUT2D eigenvalue weighted by molar-refractivity contribution is 0.171. The molecule has 0 aliphatic carbocycles. The molecule has 1 aromatic heterocycles. The molecule has 9 heteroatoms. The van der Waals surface area contributed by atoms with Gasteiger partial charge in [-0.15, -0.1) is 0 Å². The molecule has 0 saturated heterocycles. The number of nitrogens with zero attached hydrogens (tertiary/aromatic N) is 1. The van der Waals surface area contributed by atoms with E-state index in [1.165, 1.54) is 12.1 Å². The van der Waals surface area contributed by atoms with Gasteiger partial charge in [-0.25, -0.2) is 8.42 Å². The molecule has 1 aliphatic rings. The summed E-state index contributed by atoms with van der Waals surface area (Å²) in [4.78, 5) is 4.45. The van der Waals surface area contributed by atoms with E-state index in [-0.39, 0.29) is 21.7 Å². The number of sulfone groups is 1. The predicted octanol–water partition coefficient (Wildman–Crippen LogP) is 4.87. The van der Waals surface area contributed by atoms with Gasteiger partial charge in [-0.2, -0.15) is 4.98 Å². The molecule has 1 N–H and O–H groups in total. The molecule has 5 rings (SSSR count). The van der Waals surface area contributed by atoms with Crippen LogP contribution in [0.25, 0.3) is 11.5 Å². The SMILES string of the molecule is COc1ccc(CNc2oc(-c3cccc(C)c3)nc2S(=O)(=O)c2ccc3c(c2)OCCO3)cc1. The highest BCUT2D eigenvalue weighted by atomic mass is 32.2. The summed E-state index contributed by atoms with van der Waals surface area (Å²) in [6.07, 6.45) is 0. The van der Waals surface area contributed by atoms with Crippen molar-refractivity contribution in [3.8, 4) is 28.7 Å². The van der Waals surface area contributed by atoms with Gasteiger partial charge in [0.1, 0.15) is 19.0 Å². The molecule has 180 valence electrons. The van der Waals surface area contributed by atoms with Gasteiger partial charge in [0.25, 0.3) is 0 Å². The highest BCUT2D eigenvalue weighted by molar-refractivity contribution is 7.91. The van der Waals surface area contributed by atoms with Gasteiger partial charge in [0.2, 0.25) is 26.6 Å². The van der Waals surface area contributed by atoms with E-state index in [0.717, 1.165) is 16.9 Å². The summed E-state index contributed by atoms with van der Waals surface area (Å²) in [7, 11) is -2.44. The lowest BCUT2D eigenvalue weighted by Crippen LogP contribution is -2.16. The summed E-state index contributed by atoms with van der Waals surface area (Å²) in [6, 6.07) is 19.5. The zero-order valence-electron chi connectivity index (χ0n) is 19.3. The van der Waals surface area contributed by atoms with E-state index in [1.54, 1.807) is 13.2 Å². The number of hydrogen-bond acceptors (Lipinski definition) is 8. The minimum Gasteiger partial charge on any atom is -0.497 e. The molecule has 0 fully saturated rings. The fraction of sp³-hybridized carbons (Fsp3) is 0.192. The van der Waals surface area contributed by atoms with Crippen LogP contribution >= 0.6 is 0 Å². The van der Waals surface area contributed by atoms with E-state index >= 15 is 0 Å². The Kier molecular flexibility index (Phi) is 6.08. The van der Waals surface area contributed by atoms with Gasteiger partial charge in [-0.3, -0.25) is 0 Å². The number of anilines is 1. The quantitative estimate of drug-likeness (QED) is 0.390. The first-order valence-corrected chi connectivity index (χ1v) is 12.5. The zero-order chi connectivity index (χ0) is 24.4. The standard InChI is InChI=1S/C26H24N2O6S/c1-17-4-3-5-19(14-17)24-28-26(25(34-24)27-16-18-6-8-20(31-2)9-7-18)35(29,30)21-10-11-22-23(15-21)33-13-12-32-22/h3-11,14-15,27H,12-13,16H2,1-2H3. The van der Waals surface area contributed by atoms with E-state index in [9.17, 15) is 8.42 Å². The van der Waals surface area contributed by atoms with E-state index < -0.39 is 9.84 Å². The number of aryl methyl sites for hydroxylation is 1. The van der Waals surface area contributed by atoms with E-state index in [4.69, 9.17) is 18.6 Å². The highest BCUT2D eigenvalue weighted by Gasteiger charge is 2.30. The smallest absolute Gasteiger partial charge is 0.234 e. The summed E-state index contributed by atoms with van der Waals surface area (Å²) >= 11 is 0. The minimum atomic E-state index is -4.04. The molecule has 0 amide bonds. The Bertz CT molecular complexity index is 1460. The van der Waals surface area contributed by atoms with Gasteiger partial charge >= 0.3 is 0 Å². The number of fused-ring (bicyclic) bond motifs is 1. The maximum absolute atomic E-state index is 13.7. The van der Waals surface area contributed by atoms with Crippen molar-refractivity contribution in [2.75, 3.05) is 25.6 Å². The molecule has 8 nitrogen and oxygen atoms in total. The summed E-state index contributed by atoms with van der Waals surface area (Å²) in [5.41, 5.74) is 2.60. The van der Waals surface area contributed by atoms with E-state index in [0.29, 0.717) is 36.8 Å². The fourth-order valence-electron chi connectivity index (χ4n) is 3.73. The summed E-state index contributed by atoms with van der Waals surface area (Å²) in [6.45, 7) is 3.05. The highest BCUT2D eigenvalue weighted by Crippen LogP contribution is 2.37. The molecule has 0 unspecified atom stereocenters. The monoisotopic (exact) mass is 492 g/mol. The van der Waals surface area contributed by atoms with Gasteiger partial charge in [-0.1, -0.05) is 29.8 Å². The first kappa shape index (κ1) is 22.8. The maximum Gasteiger partial charge on any atom is 0.234 e. The third-order valence-electron chi connectivity index (χ3n) is 5.55. The second-order valence-electron chi connectivity index (χ2n) is 8.03. The number of aromatic nitrogens is 1. The van der Waals surface area contributed by atoms with Crippen molar-refractivity contribution in [2.45, 2.75) is 23.4 Å². The van der Waals surface area contributed by atoms with Crippen LogP contribution < -0.4 is 19.5 Å². The van der Waals surface area contributed by atoms with Crippen molar-refractivity contribution in [1.82, 2.24) is 4.98 Å². The molecule has 3 aromatic carbocycles. The molecule has 0 atom stereocenters. The second kappa shape index (κ2) is 9.34. The Morgan fingerprint density at radius 1 is 0.971 bits per heavy atom. The van der Waals surface area contributed by atoms with Crippen LogP contribution in [0.3, 0.4) is 0 Å². The lowest BCUT2D eigenvalue weighted by atomic mass is 10.1. The van der Waals surface area contributed by atoms with Crippen molar-refractivity contribution in [2.24, 2.45) is 0 Å². The van der Waals surface area contributed by atoms with Crippen LogP contribution in [0.1, 0.15) is 11.1 Å². The number of hydrogen-bond donors (Lipinski definition) is 1. The molecule has 0 bridgehead atoms. The number of nitrogens with one attached hydrogen (secondary N) is 1. The van der Waals surface area contributed by atoms with Gasteiger partial charge in [-0.05, 0) is 48.9 Å². The van der Waals surface area contributed by atoms with Gasteiger partial charge in [0.05, 0.1) is 12.0 Å². The number of methoxy groups -OCH3 is 1. The molecule has 0 saturated carbocycles. The van der Waals surface area contributed by atoms with Crippen LogP contribution in [0.4, 0.5) is 5.88 Å². The predicted molar refractivity (Wildman–Crippen MR) is 130 cm³/mol. The summed E-state index contributed by atoms with van der Waals surface area (Å²) in [5.74, 6) is 1.90. The van der Waals surface area contributed by atoms with E-state index in [2.05, 4.69) is 10.3 Å². The lowest BCUT2D eigenvalue weighted by Gasteiger charge is -2.18. The van der Waals surface area contributed by atoms with Crippen molar-refractivity contribution >= 4 is 15.7 Å². The van der Waals surface area contributed by atoms with Crippen LogP contribution in [-0.2, 0) is 16.4 Å². The number of rotatable bonds is 7. The topological polar surface area (TPSA) is 99.9 Å². The third-order valence-corrected chi connectivity index (χ3v) is 7.21. The summed E-state index contributed by atoms with van der Waals surface area (Å²) in [5, 5.41) is 2.91. The zero-order valence-corrected chi connectivity index (χ0v) is 20.1. The first-order chi connectivity index (χ1) is 16.9. The van der Waals surface area contributed by atoms with Gasteiger partial charge < -0.3 is 23.9 Å². The van der Waals surface area contributed by atoms with Crippen LogP contribution in [0.2, 0.25) is 0 Å². The first-order valence-electron chi connectivity index (χ1n) is 11.0. The largest absolute Gasteiger partial charge is 0.497 e. The molecule has 2 heterocycles. The van der Waals surface area contributed by atoms with E-state index in [1.807, 2.05) is 55.5 Å². The van der Waals surface area contributed by atoms with Gasteiger partial charge in [0, 0.05) is 18.2 Å². The van der Waals surface area contributed by atoms with Gasteiger partial charge in [0.15, 0.2) is 11.5 Å².